The zero-order valence-corrected chi connectivity index (χ0v) is 21.9. The van der Waals surface area contributed by atoms with Crippen LogP contribution >= 0.6 is 0 Å². The van der Waals surface area contributed by atoms with Gasteiger partial charge in [-0.25, -0.2) is 4.98 Å². The minimum absolute atomic E-state index is 0.789. The lowest BCUT2D eigenvalue weighted by Crippen LogP contribution is -1.97. The highest BCUT2D eigenvalue weighted by Gasteiger charge is 2.17. The Morgan fingerprint density at radius 2 is 1.15 bits per heavy atom. The van der Waals surface area contributed by atoms with Crippen molar-refractivity contribution < 1.29 is 8.83 Å². The lowest BCUT2D eigenvalue weighted by molar-refractivity contribution is 0.633. The Hall–Kier alpha value is -5.61. The number of furan rings is 2. The van der Waals surface area contributed by atoms with Crippen LogP contribution in [0.15, 0.2) is 142 Å². The van der Waals surface area contributed by atoms with Crippen molar-refractivity contribution in [3.63, 3.8) is 0 Å². The summed E-state index contributed by atoms with van der Waals surface area (Å²) in [6, 6.07) is 46.1. The van der Waals surface area contributed by atoms with E-state index in [1.54, 1.807) is 0 Å². The third-order valence-corrected chi connectivity index (χ3v) is 8.01. The normalized spacial score (nSPS) is 11.9. The number of benzene rings is 6. The average molecular weight is 527 g/mol. The minimum Gasteiger partial charge on any atom is -0.452 e. The minimum atomic E-state index is 0.789. The standard InChI is InChI=1S/C37H22N2O2/c1-2-9-23(10-3-1)37-38-31-14-5-6-15-32(31)39(37)26-12-8-11-24(21-26)25-17-20-34-30(22-25)29-19-18-28-27-13-4-7-16-33(27)40-35(28)36(29)41-34/h1-22H. The van der Waals surface area contributed by atoms with Crippen molar-refractivity contribution in [1.29, 1.82) is 0 Å². The van der Waals surface area contributed by atoms with Gasteiger partial charge in [0.1, 0.15) is 17.0 Å². The van der Waals surface area contributed by atoms with E-state index in [9.17, 15) is 0 Å². The van der Waals surface area contributed by atoms with Gasteiger partial charge in [-0.05, 0) is 65.7 Å². The van der Waals surface area contributed by atoms with Gasteiger partial charge in [0.15, 0.2) is 11.2 Å². The molecule has 4 heteroatoms. The zero-order valence-electron chi connectivity index (χ0n) is 21.9. The largest absolute Gasteiger partial charge is 0.452 e. The second-order valence-corrected chi connectivity index (χ2v) is 10.4. The molecule has 0 amide bonds. The average Bonchev–Trinajstić information content (AvgIpc) is 3.72. The van der Waals surface area contributed by atoms with E-state index in [0.717, 1.165) is 83.1 Å². The summed E-state index contributed by atoms with van der Waals surface area (Å²) < 4.78 is 14.9. The van der Waals surface area contributed by atoms with Gasteiger partial charge in [-0.2, -0.15) is 0 Å². The Balaban J connectivity index is 1.22. The maximum atomic E-state index is 6.38. The first kappa shape index (κ1) is 22.2. The molecule has 0 atom stereocenters. The number of fused-ring (bicyclic) bond motifs is 8. The Morgan fingerprint density at radius 3 is 2.02 bits per heavy atom. The summed E-state index contributed by atoms with van der Waals surface area (Å²) in [6.45, 7) is 0. The molecule has 0 unspecified atom stereocenters. The fraction of sp³-hybridized carbons (Fsp3) is 0. The Morgan fingerprint density at radius 1 is 0.463 bits per heavy atom. The van der Waals surface area contributed by atoms with Crippen LogP contribution in [0.3, 0.4) is 0 Å². The maximum Gasteiger partial charge on any atom is 0.178 e. The molecule has 3 heterocycles. The molecule has 4 nitrogen and oxygen atoms in total. The highest BCUT2D eigenvalue weighted by molar-refractivity contribution is 6.19. The zero-order chi connectivity index (χ0) is 26.9. The number of hydrogen-bond donors (Lipinski definition) is 0. The summed E-state index contributed by atoms with van der Waals surface area (Å²) in [7, 11) is 0. The molecule has 0 fully saturated rings. The third kappa shape index (κ3) is 3.31. The van der Waals surface area contributed by atoms with Gasteiger partial charge in [-0.1, -0.05) is 78.9 Å². The number of nitrogens with zero attached hydrogens (tertiary/aromatic N) is 2. The molecule has 9 aromatic rings. The smallest absolute Gasteiger partial charge is 0.178 e. The van der Waals surface area contributed by atoms with E-state index >= 15 is 0 Å². The second-order valence-electron chi connectivity index (χ2n) is 10.4. The molecule has 41 heavy (non-hydrogen) atoms. The van der Waals surface area contributed by atoms with Crippen LogP contribution in [0.4, 0.5) is 0 Å². The lowest BCUT2D eigenvalue weighted by atomic mass is 10.0. The summed E-state index contributed by atoms with van der Waals surface area (Å²) in [5.41, 5.74) is 9.75. The molecule has 192 valence electrons. The van der Waals surface area contributed by atoms with E-state index in [1.165, 1.54) is 0 Å². The van der Waals surface area contributed by atoms with Crippen LogP contribution in [0.5, 0.6) is 0 Å². The van der Waals surface area contributed by atoms with Gasteiger partial charge >= 0.3 is 0 Å². The molecule has 0 N–H and O–H groups in total. The van der Waals surface area contributed by atoms with E-state index in [2.05, 4.69) is 108 Å². The molecular weight excluding hydrogens is 504 g/mol. The Labute approximate surface area is 234 Å². The van der Waals surface area contributed by atoms with E-state index in [-0.39, 0.29) is 0 Å². The topological polar surface area (TPSA) is 44.1 Å². The van der Waals surface area contributed by atoms with E-state index in [4.69, 9.17) is 13.8 Å². The first-order valence-corrected chi connectivity index (χ1v) is 13.7. The van der Waals surface area contributed by atoms with Crippen LogP contribution in [0, 0.1) is 0 Å². The molecule has 0 bridgehead atoms. The number of hydrogen-bond acceptors (Lipinski definition) is 3. The van der Waals surface area contributed by atoms with Crippen LogP contribution in [0.25, 0.3) is 83.1 Å². The van der Waals surface area contributed by atoms with Gasteiger partial charge in [0.2, 0.25) is 0 Å². The molecule has 6 aromatic carbocycles. The van der Waals surface area contributed by atoms with Crippen molar-refractivity contribution in [3.05, 3.63) is 133 Å². The summed E-state index contributed by atoms with van der Waals surface area (Å²) in [4.78, 5) is 5.01. The van der Waals surface area contributed by atoms with Crippen LogP contribution in [0.1, 0.15) is 0 Å². The molecule has 0 saturated carbocycles. The highest BCUT2D eigenvalue weighted by Crippen LogP contribution is 2.40. The van der Waals surface area contributed by atoms with E-state index in [0.29, 0.717) is 0 Å². The van der Waals surface area contributed by atoms with Gasteiger partial charge in [-0.15, -0.1) is 0 Å². The molecule has 3 aromatic heterocycles. The molecule has 0 spiro atoms. The van der Waals surface area contributed by atoms with Crippen molar-refractivity contribution in [2.75, 3.05) is 0 Å². The van der Waals surface area contributed by atoms with Gasteiger partial charge in [0.25, 0.3) is 0 Å². The predicted octanol–water partition coefficient (Wildman–Crippen LogP) is 10.2. The van der Waals surface area contributed by atoms with Crippen molar-refractivity contribution in [2.24, 2.45) is 0 Å². The molecular formula is C37H22N2O2. The number of aromatic nitrogens is 2. The second kappa shape index (κ2) is 8.44. The first-order valence-electron chi connectivity index (χ1n) is 13.7. The van der Waals surface area contributed by atoms with Crippen LogP contribution in [0.2, 0.25) is 0 Å². The first-order chi connectivity index (χ1) is 20.3. The fourth-order valence-electron chi connectivity index (χ4n) is 6.09. The van der Waals surface area contributed by atoms with Crippen molar-refractivity contribution in [3.8, 4) is 28.2 Å². The fourth-order valence-corrected chi connectivity index (χ4v) is 6.09. The van der Waals surface area contributed by atoms with E-state index < -0.39 is 0 Å². The molecule has 0 aliphatic carbocycles. The highest BCUT2D eigenvalue weighted by atomic mass is 16.4. The maximum absolute atomic E-state index is 6.38. The number of para-hydroxylation sites is 3. The van der Waals surface area contributed by atoms with Gasteiger partial charge in [0, 0.05) is 32.8 Å². The SMILES string of the molecule is c1ccc(-c2nc3ccccc3n2-c2cccc(-c3ccc4oc5c(ccc6c7ccccc7oc65)c4c3)c2)cc1. The Kier molecular flexibility index (Phi) is 4.58. The molecule has 0 aliphatic rings. The van der Waals surface area contributed by atoms with Gasteiger partial charge in [-0.3, -0.25) is 4.57 Å². The Bertz CT molecular complexity index is 2430. The van der Waals surface area contributed by atoms with Crippen LogP contribution < -0.4 is 0 Å². The van der Waals surface area contributed by atoms with Crippen molar-refractivity contribution in [1.82, 2.24) is 9.55 Å². The van der Waals surface area contributed by atoms with Crippen molar-refractivity contribution in [2.45, 2.75) is 0 Å². The molecule has 0 radical (unpaired) electrons. The molecule has 0 aliphatic heterocycles. The third-order valence-electron chi connectivity index (χ3n) is 8.01. The summed E-state index contributed by atoms with van der Waals surface area (Å²) in [5, 5.41) is 4.30. The van der Waals surface area contributed by atoms with Crippen LogP contribution in [-0.4, -0.2) is 9.55 Å². The number of rotatable bonds is 3. The summed E-state index contributed by atoms with van der Waals surface area (Å²) in [5.74, 6) is 0.926. The molecule has 0 saturated heterocycles. The van der Waals surface area contributed by atoms with Crippen LogP contribution in [-0.2, 0) is 0 Å². The van der Waals surface area contributed by atoms with Gasteiger partial charge in [0.05, 0.1) is 11.0 Å². The summed E-state index contributed by atoms with van der Waals surface area (Å²) >= 11 is 0. The quantitative estimate of drug-likeness (QED) is 0.230. The number of imidazole rings is 1. The lowest BCUT2D eigenvalue weighted by Gasteiger charge is -2.12. The monoisotopic (exact) mass is 526 g/mol. The van der Waals surface area contributed by atoms with E-state index in [1.807, 2.05) is 30.3 Å². The van der Waals surface area contributed by atoms with Gasteiger partial charge < -0.3 is 8.83 Å². The predicted molar refractivity (Wildman–Crippen MR) is 166 cm³/mol. The summed E-state index contributed by atoms with van der Waals surface area (Å²) in [6.07, 6.45) is 0. The van der Waals surface area contributed by atoms with Crippen molar-refractivity contribution >= 4 is 54.9 Å². The molecule has 9 rings (SSSR count).